The van der Waals surface area contributed by atoms with Crippen LogP contribution in [-0.2, 0) is 64.0 Å². The minimum absolute atomic E-state index is 0.00490. The highest BCUT2D eigenvalue weighted by Gasteiger charge is 2.36. The number of imidazole rings is 1. The highest BCUT2D eigenvalue weighted by Crippen LogP contribution is 2.13. The van der Waals surface area contributed by atoms with E-state index in [1.165, 1.54) is 31.2 Å². The van der Waals surface area contributed by atoms with Gasteiger partial charge in [-0.15, -0.1) is 0 Å². The zero-order valence-electron chi connectivity index (χ0n) is 49.0. The Balaban J connectivity index is 2.68. The SMILES string of the molecule is CSCC[C@@H]1NC(=O)[C@H](CCCN=C(N)N)NC(=O)[C@H](CCC(=O)O)NC(=O)[C@H](C(C)C)NC(=O)CCCCCCNC(=O)[C@H](CC(C)C)NC(=O)[C@H](CC(N)=O)NC(=O)[C@H](Cc2cnc[nH]2)NC(=O)[C@H](CC(C)C)NC(=O)[C@H](C)NC1=O. The first-order valence-corrected chi connectivity index (χ1v) is 29.5. The van der Waals surface area contributed by atoms with Crippen LogP contribution in [0.2, 0.25) is 0 Å². The maximum absolute atomic E-state index is 14.3. The third-order valence-electron chi connectivity index (χ3n) is 13.1. The number of aliphatic imine (C=N–C) groups is 1. The topological polar surface area (TPSA) is 464 Å². The van der Waals surface area contributed by atoms with Crippen LogP contribution in [0.25, 0.3) is 0 Å². The lowest BCUT2D eigenvalue weighted by molar-refractivity contribution is -0.139. The maximum atomic E-state index is 14.3. The Bertz CT molecular complexity index is 2370. The number of rotatable bonds is 19. The number of carbonyl (C=O) groups is 12. The zero-order chi connectivity index (χ0) is 62.3. The van der Waals surface area contributed by atoms with E-state index in [9.17, 15) is 62.6 Å². The van der Waals surface area contributed by atoms with E-state index in [4.69, 9.17) is 17.2 Å². The Morgan fingerprint density at radius 1 is 0.627 bits per heavy atom. The average Bonchev–Trinajstić information content (AvgIpc) is 3.95. The van der Waals surface area contributed by atoms with Crippen LogP contribution in [0.4, 0.5) is 0 Å². The smallest absolute Gasteiger partial charge is 0.303 e. The molecule has 0 saturated carbocycles. The quantitative estimate of drug-likeness (QED) is 0.0394. The van der Waals surface area contributed by atoms with Gasteiger partial charge in [0.05, 0.1) is 12.7 Å². The number of nitrogens with two attached hydrogens (primary N) is 3. The third kappa shape index (κ3) is 28.3. The number of aromatic amines is 1. The van der Waals surface area contributed by atoms with Crippen molar-refractivity contribution in [3.63, 3.8) is 0 Å². The number of aliphatic carboxylic acids is 1. The Morgan fingerprint density at radius 3 is 1.70 bits per heavy atom. The molecule has 2 heterocycles. The van der Waals surface area contributed by atoms with Gasteiger partial charge in [-0.1, -0.05) is 54.4 Å². The van der Waals surface area contributed by atoms with Crippen molar-refractivity contribution in [3.05, 3.63) is 18.2 Å². The summed E-state index contributed by atoms with van der Waals surface area (Å²) in [6.07, 6.45) is 4.78. The van der Waals surface area contributed by atoms with E-state index in [1.807, 2.05) is 13.8 Å². The molecular weight excluding hydrogens is 1100 g/mol. The summed E-state index contributed by atoms with van der Waals surface area (Å²) in [5.74, 6) is -11.0. The number of hydrogen-bond acceptors (Lipinski definition) is 15. The van der Waals surface area contributed by atoms with E-state index in [1.54, 1.807) is 34.0 Å². The summed E-state index contributed by atoms with van der Waals surface area (Å²) in [5.41, 5.74) is 17.0. The molecule has 0 radical (unpaired) electrons. The van der Waals surface area contributed by atoms with Gasteiger partial charge >= 0.3 is 5.97 Å². The van der Waals surface area contributed by atoms with Crippen LogP contribution in [-0.4, -0.2) is 171 Å². The maximum Gasteiger partial charge on any atom is 0.303 e. The molecule has 0 aliphatic carbocycles. The van der Waals surface area contributed by atoms with E-state index in [2.05, 4.69) is 68.1 Å². The molecule has 466 valence electrons. The van der Waals surface area contributed by atoms with Gasteiger partial charge in [-0.3, -0.25) is 62.5 Å². The summed E-state index contributed by atoms with van der Waals surface area (Å²) >= 11 is 1.34. The number of nitrogens with zero attached hydrogens (tertiary/aromatic N) is 2. The molecule has 1 aliphatic heterocycles. The number of thioether (sulfide) groups is 1. The molecule has 1 aliphatic rings. The van der Waals surface area contributed by atoms with Crippen LogP contribution in [0.5, 0.6) is 0 Å². The highest BCUT2D eigenvalue weighted by atomic mass is 32.2. The number of primary amides is 1. The minimum atomic E-state index is -1.61. The summed E-state index contributed by atoms with van der Waals surface area (Å²) in [4.78, 5) is 174. The Labute approximate surface area is 488 Å². The first kappa shape index (κ1) is 71.6. The fourth-order valence-electron chi connectivity index (χ4n) is 8.63. The predicted octanol–water partition coefficient (Wildman–Crippen LogP) is -2.29. The van der Waals surface area contributed by atoms with Crippen molar-refractivity contribution in [2.24, 2.45) is 39.9 Å². The molecule has 0 aromatic carbocycles. The van der Waals surface area contributed by atoms with Crippen LogP contribution in [0.3, 0.4) is 0 Å². The molecule has 1 aromatic rings. The largest absolute Gasteiger partial charge is 0.481 e. The molecule has 1 aromatic heterocycles. The normalized spacial score (nSPS) is 24.4. The van der Waals surface area contributed by atoms with Crippen LogP contribution in [0, 0.1) is 17.8 Å². The fraction of sp³-hybridized carbons (Fsp3) is 0.698. The average molecular weight is 1190 g/mol. The van der Waals surface area contributed by atoms with Gasteiger partial charge in [0.15, 0.2) is 5.96 Å². The second-order valence-corrected chi connectivity index (χ2v) is 22.8. The molecule has 18 N–H and O–H groups in total. The molecule has 0 bridgehead atoms. The highest BCUT2D eigenvalue weighted by molar-refractivity contribution is 7.98. The molecule has 0 spiro atoms. The van der Waals surface area contributed by atoms with Gasteiger partial charge < -0.3 is 80.5 Å². The molecule has 11 amide bonds. The lowest BCUT2D eigenvalue weighted by Gasteiger charge is -2.28. The summed E-state index contributed by atoms with van der Waals surface area (Å²) < 4.78 is 0. The van der Waals surface area contributed by atoms with Gasteiger partial charge in [-0.05, 0) is 88.1 Å². The van der Waals surface area contributed by atoms with E-state index < -0.39 is 151 Å². The molecule has 9 atom stereocenters. The molecule has 1 fully saturated rings. The number of H-pyrrole nitrogens is 1. The first-order valence-electron chi connectivity index (χ1n) is 28.1. The van der Waals surface area contributed by atoms with E-state index in [-0.39, 0.29) is 75.8 Å². The number of carbonyl (C=O) groups excluding carboxylic acids is 11. The fourth-order valence-corrected chi connectivity index (χ4v) is 9.11. The van der Waals surface area contributed by atoms with Gasteiger partial charge in [0.1, 0.15) is 54.4 Å². The van der Waals surface area contributed by atoms with Crippen LogP contribution < -0.4 is 70.4 Å². The van der Waals surface area contributed by atoms with Crippen LogP contribution in [0.15, 0.2) is 17.5 Å². The molecular formula is C53H90N16O13S. The lowest BCUT2D eigenvalue weighted by Crippen LogP contribution is -2.61. The number of hydrogen-bond donors (Lipinski definition) is 15. The molecule has 30 heteroatoms. The van der Waals surface area contributed by atoms with Crippen LogP contribution >= 0.6 is 11.8 Å². The van der Waals surface area contributed by atoms with Crippen molar-refractivity contribution in [2.75, 3.05) is 25.1 Å². The number of carboxylic acid groups (broad SMARTS) is 1. The second-order valence-electron chi connectivity index (χ2n) is 21.8. The molecule has 83 heavy (non-hydrogen) atoms. The first-order chi connectivity index (χ1) is 39.1. The number of amides is 11. The number of nitrogens with one attached hydrogen (secondary N) is 11. The van der Waals surface area contributed by atoms with E-state index in [0.29, 0.717) is 37.1 Å². The number of guanidine groups is 1. The van der Waals surface area contributed by atoms with Gasteiger partial charge in [0.25, 0.3) is 0 Å². The predicted molar refractivity (Wildman–Crippen MR) is 309 cm³/mol. The number of aromatic nitrogens is 2. The molecule has 1 saturated heterocycles. The van der Waals surface area contributed by atoms with E-state index in [0.717, 1.165) is 0 Å². The van der Waals surface area contributed by atoms with Crippen molar-refractivity contribution in [2.45, 2.75) is 193 Å². The Morgan fingerprint density at radius 2 is 1.13 bits per heavy atom. The number of carboxylic acids is 1. The van der Waals surface area contributed by atoms with Gasteiger partial charge in [-0.2, -0.15) is 11.8 Å². The monoisotopic (exact) mass is 1190 g/mol. The van der Waals surface area contributed by atoms with Crippen molar-refractivity contribution in [1.29, 1.82) is 0 Å². The summed E-state index contributed by atoms with van der Waals surface area (Å²) in [6, 6.07) is -12.3. The standard InChI is InChI=1S/C53H90N16O13S/c1-28(2)22-36-45(75)58-19-12-10-9-11-15-41(71)69-43(30(5)6)52(82)64-34(16-17-42(72)73)48(78)62-33(14-13-20-59-53(55)56)47(77)63-35(18-21-83-8)46(76)61-31(7)44(74)65-37(23-29(3)4)49(79)67-38(24-32-26-57-27-60-32)50(80)68-39(25-40(54)70)51(81)66-36/h26-31,33-39,43H,9-25H2,1-8H3,(H2,54,70)(H,57,60)(H,58,75)(H,61,76)(H,62,78)(H,63,77)(H,64,82)(H,65,74)(H,66,81)(H,67,79)(H,68,80)(H,69,71)(H,72,73)(H4,55,56,59)/t31-,33-,34-,35-,36-,37-,38-,39-,43-/m0/s1. The van der Waals surface area contributed by atoms with Crippen molar-refractivity contribution < 1.29 is 62.6 Å². The molecule has 29 nitrogen and oxygen atoms in total. The molecule has 2 rings (SSSR count). The van der Waals surface area contributed by atoms with Gasteiger partial charge in [0.2, 0.25) is 65.0 Å². The van der Waals surface area contributed by atoms with Crippen LogP contribution in [0.1, 0.15) is 138 Å². The minimum Gasteiger partial charge on any atom is -0.481 e. The van der Waals surface area contributed by atoms with Gasteiger partial charge in [0, 0.05) is 44.2 Å². The summed E-state index contributed by atoms with van der Waals surface area (Å²) in [7, 11) is 0. The van der Waals surface area contributed by atoms with Gasteiger partial charge in [-0.25, -0.2) is 4.98 Å². The zero-order valence-corrected chi connectivity index (χ0v) is 49.8. The third-order valence-corrected chi connectivity index (χ3v) is 13.7. The second kappa shape index (κ2) is 37.5. The van der Waals surface area contributed by atoms with Crippen molar-refractivity contribution in [3.8, 4) is 0 Å². The summed E-state index contributed by atoms with van der Waals surface area (Å²) in [5, 5.41) is 35.9. The molecule has 0 unspecified atom stereocenters. The Kier molecular flexibility index (Phi) is 32.4. The lowest BCUT2D eigenvalue weighted by atomic mass is 10.0. The summed E-state index contributed by atoms with van der Waals surface area (Å²) in [6.45, 7) is 12.1. The van der Waals surface area contributed by atoms with Crippen molar-refractivity contribution in [1.82, 2.24) is 63.1 Å². The van der Waals surface area contributed by atoms with E-state index >= 15 is 0 Å². The Hall–Kier alpha value is -7.53. The van der Waals surface area contributed by atoms with Crippen molar-refractivity contribution >= 4 is 88.7 Å².